The summed E-state index contributed by atoms with van der Waals surface area (Å²) in [4.78, 5) is 25.0. The van der Waals surface area contributed by atoms with E-state index >= 15 is 0 Å². The first-order valence-corrected chi connectivity index (χ1v) is 8.34. The minimum Gasteiger partial charge on any atom is -0.463 e. The van der Waals surface area contributed by atoms with Crippen LogP contribution in [-0.4, -0.2) is 37.7 Å². The summed E-state index contributed by atoms with van der Waals surface area (Å²) in [5, 5.41) is 4.13. The van der Waals surface area contributed by atoms with E-state index in [1.807, 2.05) is 0 Å². The zero-order valence-electron chi connectivity index (χ0n) is 14.8. The summed E-state index contributed by atoms with van der Waals surface area (Å²) in [6, 6.07) is 5.24. The predicted octanol–water partition coefficient (Wildman–Crippen LogP) is 1.86. The third kappa shape index (κ3) is 3.22. The molecule has 1 unspecified atom stereocenters. The van der Waals surface area contributed by atoms with Crippen molar-refractivity contribution in [2.75, 3.05) is 20.0 Å². The van der Waals surface area contributed by atoms with Crippen molar-refractivity contribution >= 4 is 17.7 Å². The Morgan fingerprint density at radius 2 is 1.85 bits per heavy atom. The molecule has 0 saturated heterocycles. The van der Waals surface area contributed by atoms with Gasteiger partial charge in [0.1, 0.15) is 0 Å². The van der Waals surface area contributed by atoms with Crippen molar-refractivity contribution in [3.8, 4) is 11.5 Å². The van der Waals surface area contributed by atoms with Crippen LogP contribution in [0.3, 0.4) is 0 Å². The normalized spacial score (nSPS) is 18.1. The molecule has 0 fully saturated rings. The van der Waals surface area contributed by atoms with Crippen LogP contribution in [0, 0.1) is 0 Å². The van der Waals surface area contributed by atoms with Gasteiger partial charge in [-0.15, -0.1) is 0 Å². The number of fused-ring (bicyclic) bond motifs is 1. The van der Waals surface area contributed by atoms with E-state index in [2.05, 4.69) is 10.5 Å². The van der Waals surface area contributed by atoms with Gasteiger partial charge in [0.15, 0.2) is 17.2 Å². The van der Waals surface area contributed by atoms with Gasteiger partial charge in [-0.1, -0.05) is 6.07 Å². The quantitative estimate of drug-likeness (QED) is 0.801. The summed E-state index contributed by atoms with van der Waals surface area (Å²) in [5.41, 5.74) is 4.29. The lowest BCUT2D eigenvalue weighted by atomic mass is 9.84. The molecule has 1 aromatic carbocycles. The number of nitrogens with zero attached hydrogens (tertiary/aromatic N) is 1. The first kappa shape index (κ1) is 17.8. The highest BCUT2D eigenvalue weighted by atomic mass is 16.7. The Kier molecular flexibility index (Phi) is 5.11. The van der Waals surface area contributed by atoms with Crippen LogP contribution in [-0.2, 0) is 19.1 Å². The molecule has 0 radical (unpaired) electrons. The Hall–Kier alpha value is -3.03. The second-order valence-electron chi connectivity index (χ2n) is 5.63. The van der Waals surface area contributed by atoms with E-state index in [0.717, 1.165) is 0 Å². The van der Waals surface area contributed by atoms with E-state index in [-0.39, 0.29) is 25.7 Å². The highest BCUT2D eigenvalue weighted by Crippen LogP contribution is 2.38. The van der Waals surface area contributed by atoms with Gasteiger partial charge in [-0.05, 0) is 38.5 Å². The topological polar surface area (TPSA) is 95.5 Å². The molecule has 2 heterocycles. The second-order valence-corrected chi connectivity index (χ2v) is 5.63. The van der Waals surface area contributed by atoms with Crippen LogP contribution in [0.15, 0.2) is 34.6 Å². The summed E-state index contributed by atoms with van der Waals surface area (Å²) in [6.07, 6.45) is 0. The third-order valence-corrected chi connectivity index (χ3v) is 4.02. The van der Waals surface area contributed by atoms with Gasteiger partial charge in [-0.25, -0.2) is 9.59 Å². The number of allylic oxidation sites excluding steroid dienone is 1. The van der Waals surface area contributed by atoms with Gasteiger partial charge < -0.3 is 18.9 Å². The van der Waals surface area contributed by atoms with E-state index in [1.54, 1.807) is 39.0 Å². The van der Waals surface area contributed by atoms with Gasteiger partial charge in [-0.3, -0.25) is 5.43 Å². The lowest BCUT2D eigenvalue weighted by molar-refractivity contribution is -0.138. The van der Waals surface area contributed by atoms with Crippen LogP contribution in [0.2, 0.25) is 0 Å². The standard InChI is InChI=1S/C18H20N2O6/c1-4-23-17(21)14-10(3)19-20-16(18(22)24-5-2)15(14)11-6-7-12-13(8-11)26-9-25-12/h6-8,15,19H,4-5,9H2,1-3H3. The fourth-order valence-electron chi connectivity index (χ4n) is 2.89. The molecule has 0 spiro atoms. The van der Waals surface area contributed by atoms with Gasteiger partial charge in [-0.2, -0.15) is 5.10 Å². The van der Waals surface area contributed by atoms with Crippen molar-refractivity contribution in [2.45, 2.75) is 26.7 Å². The molecular formula is C18H20N2O6. The Balaban J connectivity index is 2.08. The molecule has 0 amide bonds. The number of hydrazone groups is 1. The largest absolute Gasteiger partial charge is 0.463 e. The van der Waals surface area contributed by atoms with Crippen molar-refractivity contribution in [1.29, 1.82) is 0 Å². The molecule has 2 aliphatic rings. The van der Waals surface area contributed by atoms with Crippen LogP contribution in [0.25, 0.3) is 0 Å². The summed E-state index contributed by atoms with van der Waals surface area (Å²) in [5.74, 6) is -0.696. The van der Waals surface area contributed by atoms with E-state index < -0.39 is 17.9 Å². The van der Waals surface area contributed by atoms with Crippen LogP contribution >= 0.6 is 0 Å². The summed E-state index contributed by atoms with van der Waals surface area (Å²) in [6.45, 7) is 5.68. The maximum Gasteiger partial charge on any atom is 0.355 e. The predicted molar refractivity (Wildman–Crippen MR) is 91.8 cm³/mol. The number of benzene rings is 1. The molecule has 0 aromatic heterocycles. The Morgan fingerprint density at radius 3 is 2.58 bits per heavy atom. The Labute approximate surface area is 150 Å². The monoisotopic (exact) mass is 360 g/mol. The van der Waals surface area contributed by atoms with Gasteiger partial charge >= 0.3 is 11.9 Å². The number of ether oxygens (including phenoxy) is 4. The maximum absolute atomic E-state index is 12.6. The number of hydrogen-bond acceptors (Lipinski definition) is 8. The van der Waals surface area contributed by atoms with E-state index in [1.165, 1.54) is 0 Å². The van der Waals surface area contributed by atoms with Crippen molar-refractivity contribution in [3.63, 3.8) is 0 Å². The average Bonchev–Trinajstić information content (AvgIpc) is 3.09. The van der Waals surface area contributed by atoms with Crippen molar-refractivity contribution in [2.24, 2.45) is 5.10 Å². The molecule has 0 bridgehead atoms. The van der Waals surface area contributed by atoms with Gasteiger partial charge in [0.2, 0.25) is 6.79 Å². The Morgan fingerprint density at radius 1 is 1.15 bits per heavy atom. The molecule has 2 aliphatic heterocycles. The average molecular weight is 360 g/mol. The number of carbonyl (C=O) groups is 2. The highest BCUT2D eigenvalue weighted by molar-refractivity contribution is 6.40. The molecule has 1 atom stereocenters. The second kappa shape index (κ2) is 7.47. The molecule has 138 valence electrons. The van der Waals surface area contributed by atoms with Crippen LogP contribution in [0.4, 0.5) is 0 Å². The van der Waals surface area contributed by atoms with E-state index in [0.29, 0.717) is 28.3 Å². The minimum atomic E-state index is -0.733. The van der Waals surface area contributed by atoms with Crippen LogP contribution in [0.5, 0.6) is 11.5 Å². The molecule has 3 rings (SSSR count). The van der Waals surface area contributed by atoms with E-state index in [4.69, 9.17) is 18.9 Å². The van der Waals surface area contributed by atoms with Gasteiger partial charge in [0.05, 0.1) is 24.7 Å². The number of nitrogens with one attached hydrogen (secondary N) is 1. The smallest absolute Gasteiger partial charge is 0.355 e. The third-order valence-electron chi connectivity index (χ3n) is 4.02. The summed E-state index contributed by atoms with van der Waals surface area (Å²) < 4.78 is 21.0. The van der Waals surface area contributed by atoms with Gasteiger partial charge in [0.25, 0.3) is 0 Å². The summed E-state index contributed by atoms with van der Waals surface area (Å²) >= 11 is 0. The number of rotatable bonds is 5. The van der Waals surface area contributed by atoms with Crippen molar-refractivity contribution < 1.29 is 28.5 Å². The number of carbonyl (C=O) groups excluding carboxylic acids is 2. The fourth-order valence-corrected chi connectivity index (χ4v) is 2.89. The van der Waals surface area contributed by atoms with Crippen molar-refractivity contribution in [1.82, 2.24) is 5.43 Å². The molecule has 8 heteroatoms. The molecule has 0 aliphatic carbocycles. The molecule has 1 aromatic rings. The van der Waals surface area contributed by atoms with Gasteiger partial charge in [0, 0.05) is 5.70 Å². The minimum absolute atomic E-state index is 0.0827. The maximum atomic E-state index is 12.6. The number of hydrogen-bond donors (Lipinski definition) is 1. The highest BCUT2D eigenvalue weighted by Gasteiger charge is 2.38. The first-order chi connectivity index (χ1) is 12.6. The molecule has 1 N–H and O–H groups in total. The molecular weight excluding hydrogens is 340 g/mol. The lowest BCUT2D eigenvalue weighted by Crippen LogP contribution is -2.36. The molecule has 26 heavy (non-hydrogen) atoms. The Bertz CT molecular complexity index is 799. The van der Waals surface area contributed by atoms with Crippen LogP contribution in [0.1, 0.15) is 32.3 Å². The number of esters is 2. The SMILES string of the molecule is CCOC(=O)C1=NNC(C)=C(C(=O)OCC)C1c1ccc2c(c1)OCO2. The lowest BCUT2D eigenvalue weighted by Gasteiger charge is -2.26. The summed E-state index contributed by atoms with van der Waals surface area (Å²) in [7, 11) is 0. The molecule has 8 nitrogen and oxygen atoms in total. The molecule has 0 saturated carbocycles. The fraction of sp³-hybridized carbons (Fsp3) is 0.389. The first-order valence-electron chi connectivity index (χ1n) is 8.34. The zero-order chi connectivity index (χ0) is 18.7. The van der Waals surface area contributed by atoms with Crippen LogP contribution < -0.4 is 14.9 Å². The van der Waals surface area contributed by atoms with E-state index in [9.17, 15) is 9.59 Å². The van der Waals surface area contributed by atoms with Crippen molar-refractivity contribution in [3.05, 3.63) is 35.0 Å². The zero-order valence-corrected chi connectivity index (χ0v) is 14.8.